The lowest BCUT2D eigenvalue weighted by Gasteiger charge is -2.40. The molecule has 1 fully saturated rings. The first-order chi connectivity index (χ1) is 43.3. The standard InChI is InChI=1S/C79H155NO8/c1-3-5-7-9-11-13-15-17-19-21-23-25-27-29-31-33-35-37-38-40-42-44-46-48-50-52-54-56-58-60-62-64-66-68-73(82)72(71-87-79-78(86)77(85)76(84)74(70-81)88-79)80-75(83)69-67-65-63-61-59-57-55-53-51-49-47-45-43-41-39-36-34-32-30-28-26-24-22-20-18-16-14-12-10-8-6-4-2/h66,68,72-74,76-79,81-82,84-86H,3-65,67,69-71H2,1-2H3,(H,80,83)/b68-66+. The molecule has 1 rings (SSSR count). The van der Waals surface area contributed by atoms with Crippen molar-refractivity contribution in [3.05, 3.63) is 12.2 Å². The van der Waals surface area contributed by atoms with E-state index in [-0.39, 0.29) is 12.5 Å². The first-order valence-corrected chi connectivity index (χ1v) is 39.9. The Kier molecular flexibility index (Phi) is 66.4. The van der Waals surface area contributed by atoms with Gasteiger partial charge in [-0.15, -0.1) is 0 Å². The van der Waals surface area contributed by atoms with Crippen LogP contribution in [0.25, 0.3) is 0 Å². The van der Waals surface area contributed by atoms with Crippen molar-refractivity contribution in [2.24, 2.45) is 0 Å². The van der Waals surface area contributed by atoms with E-state index >= 15 is 0 Å². The van der Waals surface area contributed by atoms with E-state index in [0.29, 0.717) is 6.42 Å². The number of allylic oxidation sites excluding steroid dienone is 1. The molecule has 0 aromatic carbocycles. The number of hydrogen-bond acceptors (Lipinski definition) is 8. The summed E-state index contributed by atoms with van der Waals surface area (Å²) in [7, 11) is 0. The molecule has 0 aromatic heterocycles. The first kappa shape index (κ1) is 84.9. The molecule has 0 aromatic rings. The van der Waals surface area contributed by atoms with E-state index in [1.54, 1.807) is 6.08 Å². The van der Waals surface area contributed by atoms with Gasteiger partial charge in [-0.1, -0.05) is 418 Å². The molecule has 0 aliphatic carbocycles. The Bertz CT molecular complexity index is 1400. The quantitative estimate of drug-likeness (QED) is 0.0261. The number of amides is 1. The third kappa shape index (κ3) is 56.5. The number of carbonyl (C=O) groups is 1. The van der Waals surface area contributed by atoms with E-state index in [1.165, 1.54) is 372 Å². The van der Waals surface area contributed by atoms with Crippen molar-refractivity contribution in [3.63, 3.8) is 0 Å². The molecular weight excluding hydrogens is 1090 g/mol. The highest BCUT2D eigenvalue weighted by molar-refractivity contribution is 5.76. The highest BCUT2D eigenvalue weighted by Crippen LogP contribution is 2.24. The van der Waals surface area contributed by atoms with Crippen LogP contribution in [0.5, 0.6) is 0 Å². The Balaban J connectivity index is 2.06. The maximum absolute atomic E-state index is 13.2. The Morgan fingerprint density at radius 2 is 0.625 bits per heavy atom. The third-order valence-electron chi connectivity index (χ3n) is 19.6. The summed E-state index contributed by atoms with van der Waals surface area (Å²) in [6.07, 6.45) is 83.7. The van der Waals surface area contributed by atoms with Crippen molar-refractivity contribution in [3.8, 4) is 0 Å². The summed E-state index contributed by atoms with van der Waals surface area (Å²) in [6.45, 7) is 3.86. The molecule has 1 aliphatic heterocycles. The fraction of sp³-hybridized carbons (Fsp3) is 0.962. The van der Waals surface area contributed by atoms with Crippen LogP contribution in [0.2, 0.25) is 0 Å². The second kappa shape index (κ2) is 68.8. The summed E-state index contributed by atoms with van der Waals surface area (Å²) in [5.74, 6) is -0.165. The maximum atomic E-state index is 13.2. The maximum Gasteiger partial charge on any atom is 0.220 e. The van der Waals surface area contributed by atoms with Gasteiger partial charge in [-0.25, -0.2) is 0 Å². The Labute approximate surface area is 547 Å². The van der Waals surface area contributed by atoms with Gasteiger partial charge in [0.15, 0.2) is 6.29 Å². The number of carbonyl (C=O) groups excluding carboxylic acids is 1. The molecule has 1 aliphatic rings. The van der Waals surface area contributed by atoms with E-state index in [1.807, 2.05) is 6.08 Å². The normalized spacial score (nSPS) is 17.8. The van der Waals surface area contributed by atoms with E-state index in [9.17, 15) is 30.3 Å². The minimum absolute atomic E-state index is 0.165. The summed E-state index contributed by atoms with van der Waals surface area (Å²) >= 11 is 0. The van der Waals surface area contributed by atoms with Gasteiger partial charge in [0, 0.05) is 6.42 Å². The van der Waals surface area contributed by atoms with Crippen LogP contribution in [0.1, 0.15) is 431 Å². The van der Waals surface area contributed by atoms with Crippen molar-refractivity contribution < 1.29 is 39.8 Å². The minimum atomic E-state index is -1.57. The number of aliphatic hydroxyl groups excluding tert-OH is 5. The summed E-state index contributed by atoms with van der Waals surface area (Å²) in [5.41, 5.74) is 0. The van der Waals surface area contributed by atoms with Gasteiger partial charge in [0.05, 0.1) is 25.4 Å². The molecule has 7 atom stereocenters. The smallest absolute Gasteiger partial charge is 0.220 e. The number of aliphatic hydroxyl groups is 5. The zero-order valence-electron chi connectivity index (χ0n) is 59.0. The van der Waals surface area contributed by atoms with Gasteiger partial charge >= 0.3 is 0 Å². The van der Waals surface area contributed by atoms with Crippen molar-refractivity contribution >= 4 is 5.91 Å². The molecule has 0 bridgehead atoms. The molecule has 7 unspecified atom stereocenters. The van der Waals surface area contributed by atoms with Crippen LogP contribution in [0.4, 0.5) is 0 Å². The van der Waals surface area contributed by atoms with Gasteiger partial charge in [0.1, 0.15) is 24.4 Å². The topological polar surface area (TPSA) is 149 Å². The Hall–Kier alpha value is -1.07. The SMILES string of the molecule is CCCCCCCCCCCCCCCCCCCCCCCCCCCCCCCCC/C=C/C(O)C(COC1OC(CO)C(O)C(O)C1O)NC(=O)CCCCCCCCCCCCCCCCCCCCCCCCCCCCCCCCCC. The molecule has 88 heavy (non-hydrogen) atoms. The van der Waals surface area contributed by atoms with Crippen LogP contribution in [-0.2, 0) is 14.3 Å². The zero-order chi connectivity index (χ0) is 63.5. The number of unbranched alkanes of at least 4 members (excludes halogenated alkanes) is 62. The number of hydrogen-bond donors (Lipinski definition) is 6. The highest BCUT2D eigenvalue weighted by atomic mass is 16.7. The number of nitrogens with one attached hydrogen (secondary N) is 1. The van der Waals surface area contributed by atoms with Crippen LogP contribution in [0.15, 0.2) is 12.2 Å². The lowest BCUT2D eigenvalue weighted by Crippen LogP contribution is -2.60. The molecule has 1 heterocycles. The molecule has 524 valence electrons. The van der Waals surface area contributed by atoms with Crippen molar-refractivity contribution in [2.75, 3.05) is 13.2 Å². The van der Waals surface area contributed by atoms with Crippen LogP contribution in [0, 0.1) is 0 Å². The van der Waals surface area contributed by atoms with Crippen LogP contribution < -0.4 is 5.32 Å². The van der Waals surface area contributed by atoms with Gasteiger partial charge < -0.3 is 40.3 Å². The fourth-order valence-electron chi connectivity index (χ4n) is 13.4. The van der Waals surface area contributed by atoms with Gasteiger partial charge in [-0.05, 0) is 19.3 Å². The largest absolute Gasteiger partial charge is 0.394 e. The molecule has 1 amide bonds. The van der Waals surface area contributed by atoms with E-state index in [4.69, 9.17) is 9.47 Å². The van der Waals surface area contributed by atoms with Gasteiger partial charge in [0.25, 0.3) is 0 Å². The van der Waals surface area contributed by atoms with Crippen LogP contribution in [0.3, 0.4) is 0 Å². The predicted octanol–water partition coefficient (Wildman–Crippen LogP) is 22.6. The predicted molar refractivity (Wildman–Crippen MR) is 378 cm³/mol. The second-order valence-electron chi connectivity index (χ2n) is 28.2. The molecule has 9 nitrogen and oxygen atoms in total. The first-order valence-electron chi connectivity index (χ1n) is 39.9. The third-order valence-corrected chi connectivity index (χ3v) is 19.6. The zero-order valence-corrected chi connectivity index (χ0v) is 59.0. The molecular formula is C79H155NO8. The van der Waals surface area contributed by atoms with E-state index in [0.717, 1.165) is 38.5 Å². The molecule has 0 saturated carbocycles. The fourth-order valence-corrected chi connectivity index (χ4v) is 13.4. The molecule has 9 heteroatoms. The van der Waals surface area contributed by atoms with Crippen molar-refractivity contribution in [1.29, 1.82) is 0 Å². The molecule has 6 N–H and O–H groups in total. The summed E-state index contributed by atoms with van der Waals surface area (Å²) < 4.78 is 11.4. The second-order valence-corrected chi connectivity index (χ2v) is 28.2. The lowest BCUT2D eigenvalue weighted by atomic mass is 9.99. The Morgan fingerprint density at radius 3 is 0.886 bits per heavy atom. The van der Waals surface area contributed by atoms with Crippen molar-refractivity contribution in [1.82, 2.24) is 5.32 Å². The molecule has 0 spiro atoms. The van der Waals surface area contributed by atoms with Crippen LogP contribution >= 0.6 is 0 Å². The van der Waals surface area contributed by atoms with Crippen molar-refractivity contribution in [2.45, 2.75) is 474 Å². The summed E-state index contributed by atoms with van der Waals surface area (Å²) in [5, 5.41) is 54.9. The molecule has 0 radical (unpaired) electrons. The highest BCUT2D eigenvalue weighted by Gasteiger charge is 2.44. The monoisotopic (exact) mass is 1250 g/mol. The summed E-state index contributed by atoms with van der Waals surface area (Å²) in [4.78, 5) is 13.2. The van der Waals surface area contributed by atoms with E-state index < -0.39 is 49.5 Å². The average Bonchev–Trinajstić information content (AvgIpc) is 3.70. The molecule has 1 saturated heterocycles. The summed E-state index contributed by atoms with van der Waals surface area (Å²) in [6, 6.07) is -0.803. The van der Waals surface area contributed by atoms with Gasteiger partial charge in [0.2, 0.25) is 5.91 Å². The minimum Gasteiger partial charge on any atom is -0.394 e. The lowest BCUT2D eigenvalue weighted by molar-refractivity contribution is -0.302. The number of rotatable bonds is 72. The van der Waals surface area contributed by atoms with Gasteiger partial charge in [-0.3, -0.25) is 4.79 Å². The van der Waals surface area contributed by atoms with Gasteiger partial charge in [-0.2, -0.15) is 0 Å². The van der Waals surface area contributed by atoms with Crippen LogP contribution in [-0.4, -0.2) is 87.5 Å². The Morgan fingerprint density at radius 1 is 0.375 bits per heavy atom. The van der Waals surface area contributed by atoms with E-state index in [2.05, 4.69) is 19.2 Å². The number of ether oxygens (including phenoxy) is 2. The average molecular weight is 1250 g/mol.